The molecule has 2 aliphatic rings. The highest BCUT2D eigenvalue weighted by atomic mass is 16.6. The molecule has 0 N–H and O–H groups in total. The van der Waals surface area contributed by atoms with Crippen molar-refractivity contribution in [3.63, 3.8) is 0 Å². The zero-order chi connectivity index (χ0) is 14.9. The second-order valence-corrected chi connectivity index (χ2v) is 5.33. The van der Waals surface area contributed by atoms with Gasteiger partial charge in [0, 0.05) is 23.9 Å². The van der Waals surface area contributed by atoms with Crippen molar-refractivity contribution < 1.29 is 18.9 Å². The molecular weight excluding hydrogens is 284 g/mol. The van der Waals surface area contributed by atoms with Gasteiger partial charge >= 0.3 is 0 Å². The Kier molecular flexibility index (Phi) is 3.21. The molecule has 0 saturated heterocycles. The maximum Gasteiger partial charge on any atom is 0.257 e. The van der Waals surface area contributed by atoms with Crippen molar-refractivity contribution in [3.05, 3.63) is 35.8 Å². The highest BCUT2D eigenvalue weighted by Crippen LogP contribution is 2.32. The van der Waals surface area contributed by atoms with E-state index in [9.17, 15) is 0 Å². The Hall–Kier alpha value is -2.50. The third-order valence-electron chi connectivity index (χ3n) is 3.59. The predicted molar refractivity (Wildman–Crippen MR) is 77.8 cm³/mol. The molecule has 2 aromatic rings. The van der Waals surface area contributed by atoms with Crippen LogP contribution in [0, 0.1) is 6.92 Å². The minimum Gasteiger partial charge on any atom is -0.486 e. The number of nitrogens with zero attached hydrogens (tertiary/aromatic N) is 2. The van der Waals surface area contributed by atoms with Crippen LogP contribution in [0.1, 0.15) is 11.4 Å². The zero-order valence-electron chi connectivity index (χ0n) is 12.2. The van der Waals surface area contributed by atoms with E-state index in [2.05, 4.69) is 9.97 Å². The van der Waals surface area contributed by atoms with Crippen molar-refractivity contribution in [2.45, 2.75) is 19.4 Å². The Morgan fingerprint density at radius 2 is 1.95 bits per heavy atom. The van der Waals surface area contributed by atoms with Crippen LogP contribution in [0.15, 0.2) is 24.4 Å². The number of rotatable bonds is 2. The second kappa shape index (κ2) is 5.36. The van der Waals surface area contributed by atoms with Crippen molar-refractivity contribution in [3.8, 4) is 23.1 Å². The van der Waals surface area contributed by atoms with Gasteiger partial charge in [-0.3, -0.25) is 4.98 Å². The molecule has 0 aliphatic carbocycles. The first kappa shape index (κ1) is 13.2. The molecular formula is C16H16N2O4. The quantitative estimate of drug-likeness (QED) is 0.844. The first-order chi connectivity index (χ1) is 10.8. The lowest BCUT2D eigenvalue weighted by atomic mass is 10.1. The van der Waals surface area contributed by atoms with E-state index >= 15 is 0 Å². The van der Waals surface area contributed by atoms with E-state index in [-0.39, 0.29) is 6.10 Å². The minimum atomic E-state index is -0.114. The highest BCUT2D eigenvalue weighted by Gasteiger charge is 2.24. The third-order valence-corrected chi connectivity index (χ3v) is 3.59. The van der Waals surface area contributed by atoms with E-state index in [0.29, 0.717) is 43.6 Å². The standard InChI is InChI=1S/C16H16N2O4/c1-10-2-3-13-16(18-10)22-12(9-21-13)6-11-7-14-15(8-17-11)20-5-4-19-14/h2-3,7-8,12H,4-6,9H2,1H3. The van der Waals surface area contributed by atoms with E-state index in [1.165, 1.54) is 0 Å². The topological polar surface area (TPSA) is 62.7 Å². The number of ether oxygens (including phenoxy) is 4. The van der Waals surface area contributed by atoms with Gasteiger partial charge in [0.05, 0.1) is 6.20 Å². The molecule has 1 atom stereocenters. The van der Waals surface area contributed by atoms with Gasteiger partial charge in [-0.1, -0.05) is 0 Å². The lowest BCUT2D eigenvalue weighted by Gasteiger charge is -2.26. The summed E-state index contributed by atoms with van der Waals surface area (Å²) in [4.78, 5) is 8.76. The maximum atomic E-state index is 5.91. The van der Waals surface area contributed by atoms with Gasteiger partial charge in [0.1, 0.15) is 25.9 Å². The first-order valence-electron chi connectivity index (χ1n) is 7.29. The Bertz CT molecular complexity index is 705. The molecule has 0 bridgehead atoms. The Balaban J connectivity index is 1.50. The van der Waals surface area contributed by atoms with Crippen LogP contribution in [0.3, 0.4) is 0 Å². The monoisotopic (exact) mass is 300 g/mol. The molecule has 22 heavy (non-hydrogen) atoms. The Morgan fingerprint density at radius 3 is 2.86 bits per heavy atom. The van der Waals surface area contributed by atoms with Crippen molar-refractivity contribution in [1.29, 1.82) is 0 Å². The summed E-state index contributed by atoms with van der Waals surface area (Å²) in [5.74, 6) is 2.67. The van der Waals surface area contributed by atoms with Gasteiger partial charge in [0.25, 0.3) is 5.88 Å². The summed E-state index contributed by atoms with van der Waals surface area (Å²) in [6.07, 6.45) is 2.21. The number of aryl methyl sites for hydroxylation is 1. The van der Waals surface area contributed by atoms with Crippen LogP contribution in [-0.4, -0.2) is 35.9 Å². The maximum absolute atomic E-state index is 5.91. The third kappa shape index (κ3) is 2.52. The molecule has 0 amide bonds. The summed E-state index contributed by atoms with van der Waals surface area (Å²) in [6, 6.07) is 5.69. The first-order valence-corrected chi connectivity index (χ1v) is 7.29. The largest absolute Gasteiger partial charge is 0.486 e. The smallest absolute Gasteiger partial charge is 0.257 e. The van der Waals surface area contributed by atoms with E-state index in [0.717, 1.165) is 17.1 Å². The number of fused-ring (bicyclic) bond motifs is 2. The fourth-order valence-corrected chi connectivity index (χ4v) is 2.52. The van der Waals surface area contributed by atoms with Crippen molar-refractivity contribution in [2.75, 3.05) is 19.8 Å². The van der Waals surface area contributed by atoms with Crippen LogP contribution in [0.5, 0.6) is 23.1 Å². The van der Waals surface area contributed by atoms with E-state index in [1.807, 2.05) is 25.1 Å². The van der Waals surface area contributed by atoms with Crippen LogP contribution in [0.2, 0.25) is 0 Å². The van der Waals surface area contributed by atoms with Crippen LogP contribution >= 0.6 is 0 Å². The lowest BCUT2D eigenvalue weighted by Crippen LogP contribution is -2.32. The molecule has 0 saturated carbocycles. The van der Waals surface area contributed by atoms with Gasteiger partial charge in [-0.05, 0) is 19.1 Å². The van der Waals surface area contributed by atoms with Gasteiger partial charge in [-0.15, -0.1) is 0 Å². The predicted octanol–water partition coefficient (Wildman–Crippen LogP) is 1.94. The average Bonchev–Trinajstić information content (AvgIpc) is 2.54. The molecule has 4 rings (SSSR count). The van der Waals surface area contributed by atoms with Gasteiger partial charge < -0.3 is 18.9 Å². The van der Waals surface area contributed by atoms with Crippen LogP contribution < -0.4 is 18.9 Å². The number of pyridine rings is 2. The fraction of sp³-hybridized carbons (Fsp3) is 0.375. The van der Waals surface area contributed by atoms with Crippen molar-refractivity contribution in [2.24, 2.45) is 0 Å². The molecule has 1 unspecified atom stereocenters. The number of hydrogen-bond acceptors (Lipinski definition) is 6. The highest BCUT2D eigenvalue weighted by molar-refractivity contribution is 5.40. The molecule has 0 fully saturated rings. The van der Waals surface area contributed by atoms with E-state index < -0.39 is 0 Å². The summed E-state index contributed by atoms with van der Waals surface area (Å²) in [5.41, 5.74) is 1.79. The Morgan fingerprint density at radius 1 is 1.09 bits per heavy atom. The summed E-state index contributed by atoms with van der Waals surface area (Å²) in [5, 5.41) is 0. The molecule has 2 aromatic heterocycles. The van der Waals surface area contributed by atoms with Gasteiger partial charge in [-0.2, -0.15) is 0 Å². The second-order valence-electron chi connectivity index (χ2n) is 5.33. The minimum absolute atomic E-state index is 0.114. The number of hydrogen-bond donors (Lipinski definition) is 0. The summed E-state index contributed by atoms with van der Waals surface area (Å²) >= 11 is 0. The van der Waals surface area contributed by atoms with Gasteiger partial charge in [0.15, 0.2) is 17.2 Å². The molecule has 6 heteroatoms. The van der Waals surface area contributed by atoms with Gasteiger partial charge in [0.2, 0.25) is 0 Å². The van der Waals surface area contributed by atoms with E-state index in [4.69, 9.17) is 18.9 Å². The van der Waals surface area contributed by atoms with Crippen molar-refractivity contribution >= 4 is 0 Å². The van der Waals surface area contributed by atoms with Crippen LogP contribution in [0.25, 0.3) is 0 Å². The van der Waals surface area contributed by atoms with E-state index in [1.54, 1.807) is 6.20 Å². The van der Waals surface area contributed by atoms with Crippen molar-refractivity contribution in [1.82, 2.24) is 9.97 Å². The molecule has 0 aromatic carbocycles. The van der Waals surface area contributed by atoms with Crippen LogP contribution in [-0.2, 0) is 6.42 Å². The fourth-order valence-electron chi connectivity index (χ4n) is 2.52. The summed E-state index contributed by atoms with van der Waals surface area (Å²) in [6.45, 7) is 3.54. The average molecular weight is 300 g/mol. The molecule has 4 heterocycles. The zero-order valence-corrected chi connectivity index (χ0v) is 12.2. The van der Waals surface area contributed by atoms with Gasteiger partial charge in [-0.25, -0.2) is 4.98 Å². The molecule has 0 spiro atoms. The molecule has 0 radical (unpaired) electrons. The Labute approximate surface area is 128 Å². The number of aromatic nitrogens is 2. The molecule has 2 aliphatic heterocycles. The van der Waals surface area contributed by atoms with Crippen LogP contribution in [0.4, 0.5) is 0 Å². The molecule has 114 valence electrons. The lowest BCUT2D eigenvalue weighted by molar-refractivity contribution is 0.0841. The summed E-state index contributed by atoms with van der Waals surface area (Å²) < 4.78 is 22.7. The molecule has 6 nitrogen and oxygen atoms in total. The SMILES string of the molecule is Cc1ccc2c(n1)OC(Cc1cc3c(cn1)OCCO3)CO2. The summed E-state index contributed by atoms with van der Waals surface area (Å²) in [7, 11) is 0. The normalized spacial score (nSPS) is 18.9.